The van der Waals surface area contributed by atoms with Gasteiger partial charge in [0.15, 0.2) is 0 Å². The van der Waals surface area contributed by atoms with Crippen LogP contribution in [-0.4, -0.2) is 32.7 Å². The molecule has 4 nitrogen and oxygen atoms in total. The number of halogens is 2. The predicted octanol–water partition coefficient (Wildman–Crippen LogP) is 0.903. The summed E-state index contributed by atoms with van der Waals surface area (Å²) in [6.45, 7) is 0.601. The smallest absolute Gasteiger partial charge is 0.239 e. The van der Waals surface area contributed by atoms with Crippen molar-refractivity contribution in [3.8, 4) is 0 Å². The first-order chi connectivity index (χ1) is 8.50. The quantitative estimate of drug-likeness (QED) is 0.874. The molecule has 0 unspecified atom stereocenters. The number of rotatable bonds is 3. The molecule has 0 aromatic heterocycles. The molecule has 1 amide bonds. The van der Waals surface area contributed by atoms with E-state index in [1.807, 2.05) is 0 Å². The lowest BCUT2D eigenvalue weighted by atomic mass is 9.84. The number of nitrogens with zero attached hydrogens (tertiary/aromatic N) is 1. The van der Waals surface area contributed by atoms with E-state index in [4.69, 9.17) is 10.5 Å². The molecule has 0 bridgehead atoms. The third-order valence-electron chi connectivity index (χ3n) is 3.18. The van der Waals surface area contributed by atoms with Crippen LogP contribution < -0.4 is 10.6 Å². The normalized spacial score (nSPS) is 17.1. The average molecular weight is 256 g/mol. The zero-order valence-corrected chi connectivity index (χ0v) is 9.95. The Labute approximate surface area is 103 Å². The molecule has 2 rings (SSSR count). The lowest BCUT2D eigenvalue weighted by Gasteiger charge is -2.41. The molecule has 2 N–H and O–H groups in total. The molecule has 1 aromatic carbocycles. The van der Waals surface area contributed by atoms with Gasteiger partial charge in [0, 0.05) is 19.7 Å². The molecule has 1 aliphatic heterocycles. The zero-order valence-electron chi connectivity index (χ0n) is 9.95. The molecule has 0 radical (unpaired) electrons. The average Bonchev–Trinajstić information content (AvgIpc) is 2.27. The first-order valence-electron chi connectivity index (χ1n) is 5.51. The molecule has 6 heteroatoms. The van der Waals surface area contributed by atoms with E-state index in [1.165, 1.54) is 13.1 Å². The van der Waals surface area contributed by atoms with Gasteiger partial charge in [-0.25, -0.2) is 8.78 Å². The van der Waals surface area contributed by atoms with Gasteiger partial charge in [0.25, 0.3) is 0 Å². The van der Waals surface area contributed by atoms with Crippen molar-refractivity contribution in [2.45, 2.75) is 0 Å². The minimum Gasteiger partial charge on any atom is -0.379 e. The molecule has 0 spiro atoms. The molecule has 0 saturated carbocycles. The van der Waals surface area contributed by atoms with Crippen molar-refractivity contribution in [2.24, 2.45) is 11.1 Å². The molecule has 98 valence electrons. The van der Waals surface area contributed by atoms with Gasteiger partial charge in [0.05, 0.1) is 18.9 Å². The van der Waals surface area contributed by atoms with Gasteiger partial charge in [0.2, 0.25) is 5.91 Å². The van der Waals surface area contributed by atoms with Crippen molar-refractivity contribution in [3.63, 3.8) is 0 Å². The van der Waals surface area contributed by atoms with Crippen molar-refractivity contribution in [1.29, 1.82) is 0 Å². The fourth-order valence-corrected chi connectivity index (χ4v) is 1.90. The first-order valence-corrected chi connectivity index (χ1v) is 5.51. The highest BCUT2D eigenvalue weighted by molar-refractivity contribution is 5.98. The van der Waals surface area contributed by atoms with Gasteiger partial charge in [-0.05, 0) is 12.1 Å². The largest absolute Gasteiger partial charge is 0.379 e. The van der Waals surface area contributed by atoms with E-state index in [1.54, 1.807) is 0 Å². The number of carbonyl (C=O) groups is 1. The second-order valence-corrected chi connectivity index (χ2v) is 4.44. The highest BCUT2D eigenvalue weighted by Crippen LogP contribution is 2.31. The summed E-state index contributed by atoms with van der Waals surface area (Å²) in [5.41, 5.74) is 4.81. The number of ether oxygens (including phenoxy) is 1. The van der Waals surface area contributed by atoms with Crippen LogP contribution in [0, 0.1) is 17.0 Å². The molecule has 1 aromatic rings. The summed E-state index contributed by atoms with van der Waals surface area (Å²) in [5, 5.41) is 0. The summed E-state index contributed by atoms with van der Waals surface area (Å²) >= 11 is 0. The second kappa shape index (κ2) is 4.62. The molecule has 1 aliphatic rings. The maximum atomic E-state index is 13.6. The van der Waals surface area contributed by atoms with E-state index in [0.29, 0.717) is 0 Å². The summed E-state index contributed by atoms with van der Waals surface area (Å²) in [4.78, 5) is 13.4. The molecule has 18 heavy (non-hydrogen) atoms. The lowest BCUT2D eigenvalue weighted by molar-refractivity contribution is -0.156. The Morgan fingerprint density at radius 1 is 1.50 bits per heavy atom. The number of carbonyl (C=O) groups excluding carboxylic acids is 1. The third kappa shape index (κ3) is 1.97. The molecule has 1 saturated heterocycles. The Balaban J connectivity index is 2.25. The predicted molar refractivity (Wildman–Crippen MR) is 62.1 cm³/mol. The fourth-order valence-electron chi connectivity index (χ4n) is 1.90. The maximum Gasteiger partial charge on any atom is 0.239 e. The molecule has 0 atom stereocenters. The maximum absolute atomic E-state index is 13.6. The number of anilines is 1. The Hall–Kier alpha value is -1.53. The van der Waals surface area contributed by atoms with Crippen LogP contribution in [0.3, 0.4) is 0 Å². The third-order valence-corrected chi connectivity index (χ3v) is 3.18. The number of benzene rings is 1. The van der Waals surface area contributed by atoms with E-state index in [0.717, 1.165) is 17.0 Å². The van der Waals surface area contributed by atoms with E-state index >= 15 is 0 Å². The van der Waals surface area contributed by atoms with Gasteiger partial charge in [-0.15, -0.1) is 0 Å². The summed E-state index contributed by atoms with van der Waals surface area (Å²) in [5.74, 6) is -1.78. The Kier molecular flexibility index (Phi) is 3.32. The van der Waals surface area contributed by atoms with Crippen LogP contribution >= 0.6 is 0 Å². The Morgan fingerprint density at radius 3 is 2.61 bits per heavy atom. The highest BCUT2D eigenvalue weighted by atomic mass is 19.1. The van der Waals surface area contributed by atoms with Crippen LogP contribution in [0.4, 0.5) is 14.5 Å². The van der Waals surface area contributed by atoms with Crippen molar-refractivity contribution in [1.82, 2.24) is 0 Å². The number of amides is 1. The van der Waals surface area contributed by atoms with Crippen molar-refractivity contribution in [3.05, 3.63) is 29.8 Å². The van der Waals surface area contributed by atoms with Gasteiger partial charge in [0.1, 0.15) is 17.0 Å². The Morgan fingerprint density at radius 2 is 2.17 bits per heavy atom. The van der Waals surface area contributed by atoms with Crippen LogP contribution in [0.25, 0.3) is 0 Å². The van der Waals surface area contributed by atoms with Crippen LogP contribution in [0.5, 0.6) is 0 Å². The monoisotopic (exact) mass is 256 g/mol. The summed E-state index contributed by atoms with van der Waals surface area (Å²) < 4.78 is 31.4. The highest BCUT2D eigenvalue weighted by Gasteiger charge is 2.46. The van der Waals surface area contributed by atoms with Crippen molar-refractivity contribution in [2.75, 3.05) is 31.7 Å². The van der Waals surface area contributed by atoms with Crippen LogP contribution in [0.15, 0.2) is 18.2 Å². The zero-order chi connectivity index (χ0) is 13.3. The van der Waals surface area contributed by atoms with Crippen molar-refractivity contribution < 1.29 is 18.3 Å². The topological polar surface area (TPSA) is 55.6 Å². The van der Waals surface area contributed by atoms with Crippen LogP contribution in [-0.2, 0) is 9.53 Å². The van der Waals surface area contributed by atoms with E-state index in [-0.39, 0.29) is 31.4 Å². The minimum atomic E-state index is -0.782. The SMILES string of the molecule is CN(C(=O)C1(CN)COC1)c1ccc(F)cc1F. The van der Waals surface area contributed by atoms with Gasteiger partial charge in [-0.2, -0.15) is 0 Å². The van der Waals surface area contributed by atoms with Gasteiger partial charge in [-0.3, -0.25) is 4.79 Å². The molecular formula is C12H14F2N2O2. The summed E-state index contributed by atoms with van der Waals surface area (Å²) in [7, 11) is 1.44. The standard InChI is InChI=1S/C12H14F2N2O2/c1-16(10-3-2-8(13)4-9(10)14)11(17)12(5-15)6-18-7-12/h2-4H,5-7,15H2,1H3. The van der Waals surface area contributed by atoms with Crippen LogP contribution in [0.1, 0.15) is 0 Å². The minimum absolute atomic E-state index is 0.0288. The van der Waals surface area contributed by atoms with E-state index in [9.17, 15) is 13.6 Å². The van der Waals surface area contributed by atoms with Gasteiger partial charge >= 0.3 is 0 Å². The van der Waals surface area contributed by atoms with E-state index in [2.05, 4.69) is 0 Å². The number of hydrogen-bond donors (Lipinski definition) is 1. The molecule has 0 aliphatic carbocycles. The first kappa shape index (κ1) is 12.9. The second-order valence-electron chi connectivity index (χ2n) is 4.44. The molecule has 1 fully saturated rings. The van der Waals surface area contributed by atoms with Gasteiger partial charge < -0.3 is 15.4 Å². The fraction of sp³-hybridized carbons (Fsp3) is 0.417. The summed E-state index contributed by atoms with van der Waals surface area (Å²) in [6, 6.07) is 3.08. The lowest BCUT2D eigenvalue weighted by Crippen LogP contribution is -2.58. The molecule has 1 heterocycles. The van der Waals surface area contributed by atoms with Crippen LogP contribution in [0.2, 0.25) is 0 Å². The van der Waals surface area contributed by atoms with Crippen molar-refractivity contribution >= 4 is 11.6 Å². The van der Waals surface area contributed by atoms with E-state index < -0.39 is 17.0 Å². The van der Waals surface area contributed by atoms with Gasteiger partial charge in [-0.1, -0.05) is 0 Å². The molecular weight excluding hydrogens is 242 g/mol. The summed E-state index contributed by atoms with van der Waals surface area (Å²) in [6.07, 6.45) is 0. The Bertz CT molecular complexity index is 470. The number of nitrogens with two attached hydrogens (primary N) is 1. The number of hydrogen-bond acceptors (Lipinski definition) is 3.